The minimum Gasteiger partial charge on any atom is -0.306 e. The first-order chi connectivity index (χ1) is 5.04. The van der Waals surface area contributed by atoms with Crippen molar-refractivity contribution in [1.29, 1.82) is 0 Å². The van der Waals surface area contributed by atoms with Gasteiger partial charge in [0.05, 0.1) is 4.88 Å². The van der Waals surface area contributed by atoms with E-state index >= 15 is 0 Å². The molecule has 1 aromatic rings. The minimum absolute atomic E-state index is 0.0838. The molecule has 0 unspecified atom stereocenters. The third kappa shape index (κ3) is 1.28. The molecule has 60 valence electrons. The lowest BCUT2D eigenvalue weighted by molar-refractivity contribution is 0.851. The zero-order valence-electron chi connectivity index (χ0n) is 6.97. The predicted molar refractivity (Wildman–Crippen MR) is 49.0 cm³/mol. The number of aromatic nitrogens is 1. The molecular weight excluding hydrogens is 158 g/mol. The van der Waals surface area contributed by atoms with Crippen molar-refractivity contribution in [3.8, 4) is 0 Å². The van der Waals surface area contributed by atoms with Gasteiger partial charge in [0.2, 0.25) is 0 Å². The Hall–Kier alpha value is -0.830. The molecule has 1 heterocycles. The van der Waals surface area contributed by atoms with Crippen LogP contribution in [0.1, 0.15) is 17.5 Å². The van der Waals surface area contributed by atoms with Crippen molar-refractivity contribution >= 4 is 16.9 Å². The molecule has 0 aliphatic heterocycles. The first-order valence-electron chi connectivity index (χ1n) is 3.36. The highest BCUT2D eigenvalue weighted by molar-refractivity contribution is 7.10. The molecule has 0 amide bonds. The van der Waals surface area contributed by atoms with Gasteiger partial charge in [-0.1, -0.05) is 17.9 Å². The molecule has 0 radical (unpaired) electrons. The summed E-state index contributed by atoms with van der Waals surface area (Å²) in [4.78, 5) is 12.2. The van der Waals surface area contributed by atoms with E-state index in [1.807, 2.05) is 13.8 Å². The highest BCUT2D eigenvalue weighted by Crippen LogP contribution is 2.18. The van der Waals surface area contributed by atoms with E-state index in [1.54, 1.807) is 11.6 Å². The van der Waals surface area contributed by atoms with E-state index in [4.69, 9.17) is 0 Å². The van der Waals surface area contributed by atoms with Gasteiger partial charge in [-0.25, -0.2) is 0 Å². The molecule has 0 aromatic carbocycles. The summed E-state index contributed by atoms with van der Waals surface area (Å²) in [6, 6.07) is 0. The smallest absolute Gasteiger partial charge is 0.306 e. The standard InChI is InChI=1S/C8H11NOS/c1-5(2)7-6(3)9(4)8(10)11-7/h1H2,2-4H3. The van der Waals surface area contributed by atoms with E-state index in [0.717, 1.165) is 16.1 Å². The van der Waals surface area contributed by atoms with Crippen LogP contribution in [0.25, 0.3) is 5.57 Å². The molecule has 0 bridgehead atoms. The lowest BCUT2D eigenvalue weighted by atomic mass is 10.2. The Labute approximate surface area is 69.8 Å². The molecule has 0 spiro atoms. The Balaban J connectivity index is 3.42. The zero-order chi connectivity index (χ0) is 8.59. The monoisotopic (exact) mass is 169 g/mol. The molecular formula is C8H11NOS. The van der Waals surface area contributed by atoms with Crippen molar-refractivity contribution in [3.63, 3.8) is 0 Å². The number of rotatable bonds is 1. The van der Waals surface area contributed by atoms with Crippen LogP contribution in [0.2, 0.25) is 0 Å². The van der Waals surface area contributed by atoms with Crippen LogP contribution in [0.3, 0.4) is 0 Å². The fourth-order valence-electron chi connectivity index (χ4n) is 0.915. The van der Waals surface area contributed by atoms with E-state index in [2.05, 4.69) is 6.58 Å². The topological polar surface area (TPSA) is 22.0 Å². The Morgan fingerprint density at radius 1 is 1.64 bits per heavy atom. The SMILES string of the molecule is C=C(C)c1sc(=O)n(C)c1C. The van der Waals surface area contributed by atoms with E-state index in [9.17, 15) is 4.79 Å². The maximum Gasteiger partial charge on any atom is 0.307 e. The molecule has 1 rings (SSSR count). The van der Waals surface area contributed by atoms with Gasteiger partial charge in [0.15, 0.2) is 0 Å². The number of thiazole rings is 1. The summed E-state index contributed by atoms with van der Waals surface area (Å²) in [6.45, 7) is 7.65. The van der Waals surface area contributed by atoms with Crippen LogP contribution in [0.5, 0.6) is 0 Å². The molecule has 0 fully saturated rings. The third-order valence-corrected chi connectivity index (χ3v) is 2.98. The number of allylic oxidation sites excluding steroid dienone is 1. The number of hydrogen-bond donors (Lipinski definition) is 0. The number of hydrogen-bond acceptors (Lipinski definition) is 2. The van der Waals surface area contributed by atoms with Crippen LogP contribution < -0.4 is 4.87 Å². The Morgan fingerprint density at radius 2 is 2.18 bits per heavy atom. The molecule has 0 aliphatic rings. The van der Waals surface area contributed by atoms with Gasteiger partial charge in [-0.3, -0.25) is 4.79 Å². The van der Waals surface area contributed by atoms with Crippen molar-refractivity contribution in [2.75, 3.05) is 0 Å². The van der Waals surface area contributed by atoms with Gasteiger partial charge >= 0.3 is 4.87 Å². The lowest BCUT2D eigenvalue weighted by Crippen LogP contribution is -2.08. The van der Waals surface area contributed by atoms with Crippen LogP contribution in [0.15, 0.2) is 11.4 Å². The van der Waals surface area contributed by atoms with Crippen LogP contribution in [0, 0.1) is 6.92 Å². The summed E-state index contributed by atoms with van der Waals surface area (Å²) in [5.74, 6) is 0. The summed E-state index contributed by atoms with van der Waals surface area (Å²) >= 11 is 1.26. The maximum atomic E-state index is 11.1. The quantitative estimate of drug-likeness (QED) is 0.628. The fraction of sp³-hybridized carbons (Fsp3) is 0.375. The molecule has 0 N–H and O–H groups in total. The molecule has 0 aliphatic carbocycles. The zero-order valence-corrected chi connectivity index (χ0v) is 7.79. The Kier molecular flexibility index (Phi) is 2.00. The fourth-order valence-corrected chi connectivity index (χ4v) is 1.82. The molecule has 0 saturated heterocycles. The number of nitrogens with zero attached hydrogens (tertiary/aromatic N) is 1. The third-order valence-electron chi connectivity index (χ3n) is 1.68. The summed E-state index contributed by atoms with van der Waals surface area (Å²) in [7, 11) is 1.78. The van der Waals surface area contributed by atoms with E-state index in [1.165, 1.54) is 11.3 Å². The van der Waals surface area contributed by atoms with Gasteiger partial charge in [0.1, 0.15) is 0 Å². The second-order valence-electron chi connectivity index (χ2n) is 2.62. The van der Waals surface area contributed by atoms with Crippen molar-refractivity contribution in [3.05, 3.63) is 26.8 Å². The van der Waals surface area contributed by atoms with Gasteiger partial charge in [-0.05, 0) is 19.4 Å². The highest BCUT2D eigenvalue weighted by atomic mass is 32.1. The van der Waals surface area contributed by atoms with Crippen LogP contribution in [0.4, 0.5) is 0 Å². The maximum absolute atomic E-state index is 11.1. The minimum atomic E-state index is 0.0838. The first-order valence-corrected chi connectivity index (χ1v) is 4.18. The van der Waals surface area contributed by atoms with Gasteiger partial charge in [-0.2, -0.15) is 0 Å². The average Bonchev–Trinajstić information content (AvgIpc) is 2.17. The van der Waals surface area contributed by atoms with Crippen molar-refractivity contribution < 1.29 is 0 Å². The van der Waals surface area contributed by atoms with Crippen LogP contribution in [-0.2, 0) is 7.05 Å². The van der Waals surface area contributed by atoms with Crippen LogP contribution >= 0.6 is 11.3 Å². The molecule has 11 heavy (non-hydrogen) atoms. The van der Waals surface area contributed by atoms with Crippen LogP contribution in [-0.4, -0.2) is 4.57 Å². The van der Waals surface area contributed by atoms with Gasteiger partial charge in [0.25, 0.3) is 0 Å². The van der Waals surface area contributed by atoms with Crippen molar-refractivity contribution in [2.45, 2.75) is 13.8 Å². The average molecular weight is 169 g/mol. The van der Waals surface area contributed by atoms with E-state index in [-0.39, 0.29) is 4.87 Å². The summed E-state index contributed by atoms with van der Waals surface area (Å²) in [6.07, 6.45) is 0. The second-order valence-corrected chi connectivity index (χ2v) is 3.58. The largest absolute Gasteiger partial charge is 0.307 e. The van der Waals surface area contributed by atoms with Gasteiger partial charge in [0, 0.05) is 12.7 Å². The molecule has 0 atom stereocenters. The molecule has 1 aromatic heterocycles. The van der Waals surface area contributed by atoms with Crippen molar-refractivity contribution in [1.82, 2.24) is 4.57 Å². The highest BCUT2D eigenvalue weighted by Gasteiger charge is 2.06. The normalized spacial score (nSPS) is 10.1. The summed E-state index contributed by atoms with van der Waals surface area (Å²) in [5, 5.41) is 0. The second kappa shape index (κ2) is 2.66. The predicted octanol–water partition coefficient (Wildman–Crippen LogP) is 1.79. The summed E-state index contributed by atoms with van der Waals surface area (Å²) < 4.78 is 1.65. The van der Waals surface area contributed by atoms with E-state index < -0.39 is 0 Å². The van der Waals surface area contributed by atoms with Gasteiger partial charge < -0.3 is 4.57 Å². The lowest BCUT2D eigenvalue weighted by Gasteiger charge is -1.96. The Bertz CT molecular complexity index is 345. The molecule has 0 saturated carbocycles. The Morgan fingerprint density at radius 3 is 2.36 bits per heavy atom. The van der Waals surface area contributed by atoms with E-state index in [0.29, 0.717) is 0 Å². The van der Waals surface area contributed by atoms with Gasteiger partial charge in [-0.15, -0.1) is 0 Å². The molecule has 3 heteroatoms. The first kappa shape index (κ1) is 8.27. The van der Waals surface area contributed by atoms with Crippen molar-refractivity contribution in [2.24, 2.45) is 7.05 Å². The molecule has 2 nitrogen and oxygen atoms in total. The summed E-state index contributed by atoms with van der Waals surface area (Å²) in [5.41, 5.74) is 1.97.